The molecule has 4 heteroatoms. The molecule has 0 aliphatic carbocycles. The molecule has 3 nitrogen and oxygen atoms in total. The molecule has 0 aromatic heterocycles. The zero-order chi connectivity index (χ0) is 22.0. The Morgan fingerprint density at radius 1 is 0.724 bits per heavy atom. The first-order valence-electron chi connectivity index (χ1n) is 12.0. The minimum Gasteiger partial charge on any atom is -0.314 e. The first-order chi connectivity index (χ1) is 13.8. The average molecular weight is 427 g/mol. The average Bonchev–Trinajstić information content (AvgIpc) is 2.66. The Morgan fingerprint density at radius 2 is 1.14 bits per heavy atom. The molecule has 0 N–H and O–H groups in total. The molecule has 0 rings (SSSR count). The van der Waals surface area contributed by atoms with Gasteiger partial charge in [-0.25, -0.2) is 9.13 Å². The number of nitrogens with zero attached hydrogens (tertiary/aromatic N) is 1. The SMILES string of the molecule is C=CCCCCCC=CCCCCCCCCCCC(CC)(P(=O)=O)[N+](C)(C)C. The number of allylic oxidation sites excluding steroid dienone is 3. The second kappa shape index (κ2) is 17.1. The highest BCUT2D eigenvalue weighted by atomic mass is 31.1. The number of rotatable bonds is 20. The highest BCUT2D eigenvalue weighted by molar-refractivity contribution is 7.32. The summed E-state index contributed by atoms with van der Waals surface area (Å²) < 4.78 is 24.3. The summed E-state index contributed by atoms with van der Waals surface area (Å²) in [7, 11) is 3.61. The van der Waals surface area contributed by atoms with Gasteiger partial charge in [-0.3, -0.25) is 0 Å². The predicted octanol–water partition coefficient (Wildman–Crippen LogP) is 8.57. The molecule has 0 spiro atoms. The van der Waals surface area contributed by atoms with Crippen molar-refractivity contribution in [3.8, 4) is 0 Å². The van der Waals surface area contributed by atoms with Crippen LogP contribution in [0.2, 0.25) is 0 Å². The van der Waals surface area contributed by atoms with E-state index in [0.29, 0.717) is 10.9 Å². The van der Waals surface area contributed by atoms with Gasteiger partial charge in [0.25, 0.3) is 0 Å². The third kappa shape index (κ3) is 12.6. The molecule has 1 atom stereocenters. The van der Waals surface area contributed by atoms with E-state index in [0.717, 1.165) is 25.7 Å². The summed E-state index contributed by atoms with van der Waals surface area (Å²) in [4.78, 5) is 0. The van der Waals surface area contributed by atoms with E-state index in [4.69, 9.17) is 0 Å². The molecule has 0 aromatic carbocycles. The summed E-state index contributed by atoms with van der Waals surface area (Å²) in [5.74, 6) is 0. The van der Waals surface area contributed by atoms with Crippen LogP contribution >= 0.6 is 7.68 Å². The lowest BCUT2D eigenvalue weighted by Crippen LogP contribution is -2.53. The number of hydrogen-bond acceptors (Lipinski definition) is 2. The molecule has 0 amide bonds. The summed E-state index contributed by atoms with van der Waals surface area (Å²) in [5.41, 5.74) is 0. The third-order valence-corrected chi connectivity index (χ3v) is 8.12. The molecule has 0 heterocycles. The van der Waals surface area contributed by atoms with Crippen molar-refractivity contribution < 1.29 is 13.6 Å². The van der Waals surface area contributed by atoms with Gasteiger partial charge in [0.1, 0.15) is 0 Å². The summed E-state index contributed by atoms with van der Waals surface area (Å²) in [6.45, 7) is 5.77. The Balaban J connectivity index is 3.63. The fourth-order valence-corrected chi connectivity index (χ4v) is 5.23. The van der Waals surface area contributed by atoms with Gasteiger partial charge in [0.2, 0.25) is 5.28 Å². The molecule has 29 heavy (non-hydrogen) atoms. The van der Waals surface area contributed by atoms with Crippen LogP contribution in [0.15, 0.2) is 24.8 Å². The minimum absolute atomic E-state index is 0.506. The Morgan fingerprint density at radius 3 is 1.55 bits per heavy atom. The Bertz CT molecular complexity index is 497. The summed E-state index contributed by atoms with van der Waals surface area (Å²) >= 11 is 0. The van der Waals surface area contributed by atoms with E-state index in [2.05, 4.69) is 18.7 Å². The van der Waals surface area contributed by atoms with Gasteiger partial charge in [0.05, 0.1) is 21.1 Å². The van der Waals surface area contributed by atoms with Crippen LogP contribution in [-0.2, 0) is 9.13 Å². The molecule has 0 saturated heterocycles. The fraction of sp³-hybridized carbons (Fsp3) is 0.840. The molecular formula is C25H49NO2P+. The summed E-state index contributed by atoms with van der Waals surface area (Å²) in [6, 6.07) is 0. The molecule has 0 aliphatic rings. The van der Waals surface area contributed by atoms with Gasteiger partial charge in [-0.1, -0.05) is 70.1 Å². The van der Waals surface area contributed by atoms with E-state index in [1.54, 1.807) is 0 Å². The van der Waals surface area contributed by atoms with Crippen LogP contribution in [0, 0.1) is 0 Å². The zero-order valence-electron chi connectivity index (χ0n) is 20.0. The van der Waals surface area contributed by atoms with Gasteiger partial charge < -0.3 is 4.48 Å². The van der Waals surface area contributed by atoms with Gasteiger partial charge in [0.15, 0.2) is 0 Å². The third-order valence-electron chi connectivity index (χ3n) is 6.30. The van der Waals surface area contributed by atoms with E-state index in [-0.39, 0.29) is 0 Å². The van der Waals surface area contributed by atoms with Crippen molar-refractivity contribution in [3.63, 3.8) is 0 Å². The van der Waals surface area contributed by atoms with Crippen molar-refractivity contribution in [2.24, 2.45) is 0 Å². The second-order valence-corrected chi connectivity index (χ2v) is 10.7. The van der Waals surface area contributed by atoms with Gasteiger partial charge in [-0.15, -0.1) is 6.58 Å². The van der Waals surface area contributed by atoms with E-state index < -0.39 is 13.0 Å². The van der Waals surface area contributed by atoms with Crippen LogP contribution in [0.5, 0.6) is 0 Å². The molecule has 170 valence electrons. The van der Waals surface area contributed by atoms with Gasteiger partial charge in [0, 0.05) is 12.8 Å². The summed E-state index contributed by atoms with van der Waals surface area (Å²) in [5, 5.41) is -0.603. The van der Waals surface area contributed by atoms with E-state index in [9.17, 15) is 9.13 Å². The topological polar surface area (TPSA) is 34.1 Å². The molecule has 0 radical (unpaired) electrons. The lowest BCUT2D eigenvalue weighted by molar-refractivity contribution is -0.908. The van der Waals surface area contributed by atoms with Crippen molar-refractivity contribution in [1.82, 2.24) is 0 Å². The quantitative estimate of drug-likeness (QED) is 0.0845. The van der Waals surface area contributed by atoms with Crippen molar-refractivity contribution in [2.75, 3.05) is 21.1 Å². The van der Waals surface area contributed by atoms with Gasteiger partial charge in [-0.05, 0) is 44.9 Å². The van der Waals surface area contributed by atoms with Crippen LogP contribution in [0.25, 0.3) is 0 Å². The Labute approximate surface area is 182 Å². The van der Waals surface area contributed by atoms with E-state index >= 15 is 0 Å². The molecular weight excluding hydrogens is 377 g/mol. The largest absolute Gasteiger partial charge is 0.378 e. The smallest absolute Gasteiger partial charge is 0.314 e. The first kappa shape index (κ1) is 28.3. The lowest BCUT2D eigenvalue weighted by atomic mass is 10.0. The Hall–Kier alpha value is -0.660. The molecule has 1 unspecified atom stereocenters. The normalized spacial score (nSPS) is 14.2. The fourth-order valence-electron chi connectivity index (χ4n) is 4.15. The lowest BCUT2D eigenvalue weighted by Gasteiger charge is -2.40. The minimum atomic E-state index is -2.42. The number of hydrogen-bond donors (Lipinski definition) is 0. The predicted molar refractivity (Wildman–Crippen MR) is 128 cm³/mol. The Kier molecular flexibility index (Phi) is 16.7. The van der Waals surface area contributed by atoms with Crippen molar-refractivity contribution in [3.05, 3.63) is 24.8 Å². The molecule has 0 saturated carbocycles. The number of unbranched alkanes of at least 4 members (excludes halogenated alkanes) is 12. The highest BCUT2D eigenvalue weighted by Crippen LogP contribution is 2.43. The maximum absolute atomic E-state index is 11.9. The van der Waals surface area contributed by atoms with Crippen LogP contribution in [0.4, 0.5) is 0 Å². The second-order valence-electron chi connectivity index (χ2n) is 9.37. The molecule has 0 fully saturated rings. The van der Waals surface area contributed by atoms with E-state index in [1.165, 1.54) is 70.6 Å². The molecule has 0 aromatic rings. The van der Waals surface area contributed by atoms with Crippen molar-refractivity contribution in [2.45, 2.75) is 115 Å². The van der Waals surface area contributed by atoms with Crippen LogP contribution in [0.1, 0.15) is 110 Å². The van der Waals surface area contributed by atoms with Gasteiger partial charge >= 0.3 is 7.68 Å². The van der Waals surface area contributed by atoms with Crippen LogP contribution < -0.4 is 0 Å². The maximum atomic E-state index is 11.9. The monoisotopic (exact) mass is 426 g/mol. The summed E-state index contributed by atoms with van der Waals surface area (Å²) in [6.07, 6.45) is 25.7. The van der Waals surface area contributed by atoms with E-state index in [1.807, 2.05) is 34.1 Å². The standard InChI is InChI=1S/C25H49NO2P/c1-6-8-9-10-11-12-13-14-15-16-17-18-19-20-21-22-23-24-25(7-2,29(27)28)26(3,4)5/h6,13-14H,1,7-12,15-24H2,2-5H3/q+1. The zero-order valence-corrected chi connectivity index (χ0v) is 20.9. The first-order valence-corrected chi connectivity index (χ1v) is 13.2. The van der Waals surface area contributed by atoms with Crippen LogP contribution in [-0.4, -0.2) is 30.9 Å². The maximum Gasteiger partial charge on any atom is 0.378 e. The van der Waals surface area contributed by atoms with Crippen molar-refractivity contribution >= 4 is 7.68 Å². The van der Waals surface area contributed by atoms with Crippen LogP contribution in [0.3, 0.4) is 0 Å². The van der Waals surface area contributed by atoms with Crippen molar-refractivity contribution in [1.29, 1.82) is 0 Å². The highest BCUT2D eigenvalue weighted by Gasteiger charge is 2.46. The molecule has 0 bridgehead atoms. The van der Waals surface area contributed by atoms with Gasteiger partial charge in [-0.2, -0.15) is 0 Å². The molecule has 0 aliphatic heterocycles. The number of quaternary nitrogens is 1.